The lowest BCUT2D eigenvalue weighted by atomic mass is 9.99. The van der Waals surface area contributed by atoms with Crippen LogP contribution in [0.25, 0.3) is 0 Å². The first kappa shape index (κ1) is 9.24. The molecular formula is C10H14N2O2. The minimum absolute atomic E-state index is 0.252. The van der Waals surface area contributed by atoms with Gasteiger partial charge < -0.3 is 9.67 Å². The van der Waals surface area contributed by atoms with Crippen molar-refractivity contribution in [2.75, 3.05) is 0 Å². The van der Waals surface area contributed by atoms with E-state index < -0.39 is 5.97 Å². The van der Waals surface area contributed by atoms with Crippen molar-refractivity contribution >= 4 is 5.97 Å². The lowest BCUT2D eigenvalue weighted by Gasteiger charge is -2.24. The Kier molecular flexibility index (Phi) is 2.52. The zero-order chi connectivity index (χ0) is 9.97. The van der Waals surface area contributed by atoms with E-state index in [1.54, 1.807) is 0 Å². The fraction of sp³-hybridized carbons (Fsp3) is 0.600. The van der Waals surface area contributed by atoms with Crippen LogP contribution in [0.1, 0.15) is 37.4 Å². The fourth-order valence-corrected chi connectivity index (χ4v) is 2.09. The number of carbonyl (C=O) groups is 1. The smallest absolute Gasteiger partial charge is 0.303 e. The second kappa shape index (κ2) is 3.82. The number of hydrogen-bond acceptors (Lipinski definition) is 2. The number of carboxylic acids is 1. The maximum absolute atomic E-state index is 10.5. The average Bonchev–Trinajstić information content (AvgIpc) is 2.62. The molecule has 0 saturated carbocycles. The molecule has 0 radical (unpaired) electrons. The second-order valence-electron chi connectivity index (χ2n) is 3.77. The van der Waals surface area contributed by atoms with Crippen LogP contribution in [0.4, 0.5) is 0 Å². The van der Waals surface area contributed by atoms with Gasteiger partial charge in [-0.1, -0.05) is 0 Å². The molecule has 0 spiro atoms. The summed E-state index contributed by atoms with van der Waals surface area (Å²) in [7, 11) is 0. The van der Waals surface area contributed by atoms with Gasteiger partial charge in [0.25, 0.3) is 0 Å². The van der Waals surface area contributed by atoms with Crippen molar-refractivity contribution < 1.29 is 9.90 Å². The number of carboxylic acid groups (broad SMARTS) is 1. The zero-order valence-corrected chi connectivity index (χ0v) is 8.02. The van der Waals surface area contributed by atoms with Crippen LogP contribution in [0.15, 0.2) is 12.5 Å². The van der Waals surface area contributed by atoms with Crippen LogP contribution in [0, 0.1) is 0 Å². The van der Waals surface area contributed by atoms with E-state index in [1.165, 1.54) is 5.69 Å². The summed E-state index contributed by atoms with van der Waals surface area (Å²) in [4.78, 5) is 14.6. The van der Waals surface area contributed by atoms with E-state index in [0.29, 0.717) is 6.04 Å². The normalized spacial score (nSPS) is 20.4. The van der Waals surface area contributed by atoms with Gasteiger partial charge in [-0.2, -0.15) is 0 Å². The van der Waals surface area contributed by atoms with Gasteiger partial charge in [0.1, 0.15) is 0 Å². The van der Waals surface area contributed by atoms with E-state index in [2.05, 4.69) is 9.55 Å². The molecule has 0 aromatic carbocycles. The van der Waals surface area contributed by atoms with Gasteiger partial charge in [-0.3, -0.25) is 4.79 Å². The molecule has 0 bridgehead atoms. The Hall–Kier alpha value is -1.32. The quantitative estimate of drug-likeness (QED) is 0.795. The molecule has 1 aliphatic heterocycles. The zero-order valence-electron chi connectivity index (χ0n) is 8.02. The molecule has 2 rings (SSSR count). The monoisotopic (exact) mass is 194 g/mol. The third-order valence-electron chi connectivity index (χ3n) is 2.80. The highest BCUT2D eigenvalue weighted by molar-refractivity contribution is 5.66. The number of imidazole rings is 1. The van der Waals surface area contributed by atoms with Crippen LogP contribution >= 0.6 is 0 Å². The van der Waals surface area contributed by atoms with Gasteiger partial charge in [0.05, 0.1) is 6.33 Å². The van der Waals surface area contributed by atoms with Crippen molar-refractivity contribution in [3.8, 4) is 0 Å². The predicted octanol–water partition coefficient (Wildman–Crippen LogP) is 1.63. The van der Waals surface area contributed by atoms with E-state index in [4.69, 9.17) is 5.11 Å². The molecular weight excluding hydrogens is 180 g/mol. The van der Waals surface area contributed by atoms with Crippen molar-refractivity contribution in [2.24, 2.45) is 0 Å². The first-order valence-electron chi connectivity index (χ1n) is 5.00. The number of hydrogen-bond donors (Lipinski definition) is 1. The van der Waals surface area contributed by atoms with E-state index >= 15 is 0 Å². The first-order valence-corrected chi connectivity index (χ1v) is 5.00. The van der Waals surface area contributed by atoms with E-state index in [9.17, 15) is 4.79 Å². The predicted molar refractivity (Wildman–Crippen MR) is 51.1 cm³/mol. The largest absolute Gasteiger partial charge is 0.481 e. The van der Waals surface area contributed by atoms with Crippen LogP contribution < -0.4 is 0 Å². The van der Waals surface area contributed by atoms with Crippen molar-refractivity contribution in [2.45, 2.75) is 38.1 Å². The summed E-state index contributed by atoms with van der Waals surface area (Å²) in [6.45, 7) is 0. The number of aromatic nitrogens is 2. The Balaban J connectivity index is 2.05. The minimum atomic E-state index is -0.711. The SMILES string of the molecule is O=C(O)CCC1CCCc2cncn21. The lowest BCUT2D eigenvalue weighted by molar-refractivity contribution is -0.137. The average molecular weight is 194 g/mol. The van der Waals surface area contributed by atoms with Crippen molar-refractivity contribution in [1.29, 1.82) is 0 Å². The molecule has 14 heavy (non-hydrogen) atoms. The van der Waals surface area contributed by atoms with Crippen LogP contribution in [0.2, 0.25) is 0 Å². The second-order valence-corrected chi connectivity index (χ2v) is 3.77. The molecule has 76 valence electrons. The summed E-state index contributed by atoms with van der Waals surface area (Å²) in [5.74, 6) is -0.711. The Labute approximate surface area is 82.6 Å². The summed E-state index contributed by atoms with van der Waals surface area (Å²) in [5, 5.41) is 8.62. The molecule has 1 N–H and O–H groups in total. The maximum Gasteiger partial charge on any atom is 0.303 e. The maximum atomic E-state index is 10.5. The van der Waals surface area contributed by atoms with E-state index in [0.717, 1.165) is 25.7 Å². The third-order valence-corrected chi connectivity index (χ3v) is 2.80. The van der Waals surface area contributed by atoms with Gasteiger partial charge in [0.15, 0.2) is 0 Å². The van der Waals surface area contributed by atoms with Crippen LogP contribution in [-0.4, -0.2) is 20.6 Å². The topological polar surface area (TPSA) is 55.1 Å². The highest BCUT2D eigenvalue weighted by Crippen LogP contribution is 2.27. The van der Waals surface area contributed by atoms with Gasteiger partial charge in [-0.05, 0) is 25.7 Å². The van der Waals surface area contributed by atoms with Gasteiger partial charge in [-0.15, -0.1) is 0 Å². The van der Waals surface area contributed by atoms with Crippen molar-refractivity contribution in [3.63, 3.8) is 0 Å². The molecule has 0 saturated heterocycles. The summed E-state index contributed by atoms with van der Waals surface area (Å²) < 4.78 is 2.13. The number of fused-ring (bicyclic) bond motifs is 1. The molecule has 1 unspecified atom stereocenters. The molecule has 0 amide bonds. The molecule has 4 nitrogen and oxygen atoms in total. The number of rotatable bonds is 3. The Morgan fingerprint density at radius 2 is 2.57 bits per heavy atom. The van der Waals surface area contributed by atoms with Gasteiger partial charge in [0, 0.05) is 24.4 Å². The highest BCUT2D eigenvalue weighted by atomic mass is 16.4. The number of aryl methyl sites for hydroxylation is 1. The molecule has 1 atom stereocenters. The molecule has 0 fully saturated rings. The molecule has 4 heteroatoms. The summed E-state index contributed by atoms with van der Waals surface area (Å²) in [6, 6.07) is 0.345. The summed E-state index contributed by atoms with van der Waals surface area (Å²) in [6.07, 6.45) is 7.98. The fourth-order valence-electron chi connectivity index (χ4n) is 2.09. The lowest BCUT2D eigenvalue weighted by Crippen LogP contribution is -2.17. The van der Waals surface area contributed by atoms with Crippen LogP contribution in [-0.2, 0) is 11.2 Å². The number of aliphatic carboxylic acids is 1. The Morgan fingerprint density at radius 1 is 1.71 bits per heavy atom. The Bertz CT molecular complexity index is 333. The molecule has 1 aromatic heterocycles. The number of nitrogens with zero attached hydrogens (tertiary/aromatic N) is 2. The third kappa shape index (κ3) is 1.78. The minimum Gasteiger partial charge on any atom is -0.481 e. The highest BCUT2D eigenvalue weighted by Gasteiger charge is 2.19. The van der Waals surface area contributed by atoms with Crippen molar-refractivity contribution in [3.05, 3.63) is 18.2 Å². The standard InChI is InChI=1S/C10H14N2O2/c13-10(14)5-4-8-2-1-3-9-6-11-7-12(8)9/h6-8H,1-5H2,(H,13,14). The van der Waals surface area contributed by atoms with Gasteiger partial charge in [0.2, 0.25) is 0 Å². The van der Waals surface area contributed by atoms with Gasteiger partial charge in [-0.25, -0.2) is 4.98 Å². The Morgan fingerprint density at radius 3 is 3.36 bits per heavy atom. The first-order chi connectivity index (χ1) is 6.77. The van der Waals surface area contributed by atoms with E-state index in [-0.39, 0.29) is 6.42 Å². The molecule has 1 aliphatic rings. The summed E-state index contributed by atoms with van der Waals surface area (Å²) in [5.41, 5.74) is 1.24. The summed E-state index contributed by atoms with van der Waals surface area (Å²) >= 11 is 0. The molecule has 2 heterocycles. The van der Waals surface area contributed by atoms with Crippen LogP contribution in [0.3, 0.4) is 0 Å². The van der Waals surface area contributed by atoms with Crippen molar-refractivity contribution in [1.82, 2.24) is 9.55 Å². The van der Waals surface area contributed by atoms with Crippen LogP contribution in [0.5, 0.6) is 0 Å². The van der Waals surface area contributed by atoms with E-state index in [1.807, 2.05) is 12.5 Å². The molecule has 0 aliphatic carbocycles. The van der Waals surface area contributed by atoms with Gasteiger partial charge >= 0.3 is 5.97 Å². The molecule has 1 aromatic rings.